The Balaban J connectivity index is 2.44. The van der Waals surface area contributed by atoms with Gasteiger partial charge in [-0.3, -0.25) is 9.59 Å². The van der Waals surface area contributed by atoms with E-state index in [9.17, 15) is 9.59 Å². The van der Waals surface area contributed by atoms with E-state index in [2.05, 4.69) is 0 Å². The van der Waals surface area contributed by atoms with Crippen LogP contribution in [0.3, 0.4) is 0 Å². The predicted octanol–water partition coefficient (Wildman–Crippen LogP) is 2.33. The first-order valence-corrected chi connectivity index (χ1v) is 4.88. The van der Waals surface area contributed by atoms with E-state index >= 15 is 0 Å². The number of ether oxygens (including phenoxy) is 1. The highest BCUT2D eigenvalue weighted by Gasteiger charge is 2.08. The first-order valence-electron chi connectivity index (χ1n) is 4.88. The third-order valence-corrected chi connectivity index (χ3v) is 1.84. The molecule has 0 N–H and O–H groups in total. The van der Waals surface area contributed by atoms with Gasteiger partial charge in [-0.05, 0) is 18.6 Å². The fourth-order valence-corrected chi connectivity index (χ4v) is 1.07. The summed E-state index contributed by atoms with van der Waals surface area (Å²) in [6.07, 6.45) is 1.16. The van der Waals surface area contributed by atoms with Gasteiger partial charge in [-0.1, -0.05) is 6.92 Å². The smallest absolute Gasteiger partial charge is 0.306 e. The summed E-state index contributed by atoms with van der Waals surface area (Å²) >= 11 is 0. The molecule has 0 aliphatic carbocycles. The van der Waals surface area contributed by atoms with Crippen molar-refractivity contribution in [2.24, 2.45) is 0 Å². The molecule has 0 fully saturated rings. The molecule has 82 valence electrons. The van der Waals surface area contributed by atoms with E-state index in [-0.39, 0.29) is 24.1 Å². The van der Waals surface area contributed by atoms with Crippen LogP contribution in [0.15, 0.2) is 16.5 Å². The molecule has 0 radical (unpaired) electrons. The molecule has 0 atom stereocenters. The van der Waals surface area contributed by atoms with Crippen molar-refractivity contribution in [1.29, 1.82) is 0 Å². The summed E-state index contributed by atoms with van der Waals surface area (Å²) < 4.78 is 10.1. The third kappa shape index (κ3) is 3.58. The summed E-state index contributed by atoms with van der Waals surface area (Å²) in [5, 5.41) is 0. The van der Waals surface area contributed by atoms with Crippen molar-refractivity contribution in [2.45, 2.75) is 33.3 Å². The second-order valence-corrected chi connectivity index (χ2v) is 3.23. The monoisotopic (exact) mass is 210 g/mol. The molecule has 1 aromatic rings. The standard InChI is InChI=1S/C11H14O4/c1-3-4-11(13)14-7-9-5-6-10(15-9)8(2)12/h5-6H,3-4,7H2,1-2H3. The molecule has 1 heterocycles. The summed E-state index contributed by atoms with van der Waals surface area (Å²) in [7, 11) is 0. The molecule has 0 bridgehead atoms. The average Bonchev–Trinajstić information content (AvgIpc) is 2.63. The van der Waals surface area contributed by atoms with E-state index < -0.39 is 0 Å². The lowest BCUT2D eigenvalue weighted by atomic mass is 10.3. The summed E-state index contributed by atoms with van der Waals surface area (Å²) in [5.41, 5.74) is 0. The van der Waals surface area contributed by atoms with Gasteiger partial charge in [0.1, 0.15) is 12.4 Å². The second-order valence-electron chi connectivity index (χ2n) is 3.23. The van der Waals surface area contributed by atoms with Gasteiger partial charge in [0.15, 0.2) is 11.5 Å². The van der Waals surface area contributed by atoms with Crippen LogP contribution >= 0.6 is 0 Å². The molecular weight excluding hydrogens is 196 g/mol. The van der Waals surface area contributed by atoms with Crippen LogP contribution in [0.1, 0.15) is 43.0 Å². The highest BCUT2D eigenvalue weighted by molar-refractivity contribution is 5.91. The average molecular weight is 210 g/mol. The van der Waals surface area contributed by atoms with E-state index in [0.29, 0.717) is 12.2 Å². The maximum absolute atomic E-state index is 11.0. The molecule has 0 spiro atoms. The number of esters is 1. The lowest BCUT2D eigenvalue weighted by molar-refractivity contribution is -0.145. The van der Waals surface area contributed by atoms with Crippen molar-refractivity contribution in [3.8, 4) is 0 Å². The molecule has 1 rings (SSSR count). The Labute approximate surface area is 88.2 Å². The fourth-order valence-electron chi connectivity index (χ4n) is 1.07. The molecule has 0 aliphatic heterocycles. The summed E-state index contributed by atoms with van der Waals surface area (Å²) in [6.45, 7) is 3.42. The zero-order chi connectivity index (χ0) is 11.3. The lowest BCUT2D eigenvalue weighted by Gasteiger charge is -2.00. The maximum atomic E-state index is 11.0. The van der Waals surface area contributed by atoms with Crippen molar-refractivity contribution >= 4 is 11.8 Å². The first kappa shape index (κ1) is 11.5. The van der Waals surface area contributed by atoms with Crippen molar-refractivity contribution in [2.75, 3.05) is 0 Å². The van der Waals surface area contributed by atoms with Gasteiger partial charge in [-0.15, -0.1) is 0 Å². The van der Waals surface area contributed by atoms with Crippen LogP contribution in [0.5, 0.6) is 0 Å². The topological polar surface area (TPSA) is 56.5 Å². The zero-order valence-corrected chi connectivity index (χ0v) is 8.91. The number of carbonyl (C=O) groups excluding carboxylic acids is 2. The molecule has 4 nitrogen and oxygen atoms in total. The van der Waals surface area contributed by atoms with Crippen molar-refractivity contribution in [3.05, 3.63) is 23.7 Å². The van der Waals surface area contributed by atoms with Crippen LogP contribution in [0.25, 0.3) is 0 Å². The number of furan rings is 1. The molecule has 0 saturated heterocycles. The van der Waals surface area contributed by atoms with Gasteiger partial charge in [0, 0.05) is 13.3 Å². The van der Waals surface area contributed by atoms with Crippen LogP contribution in [0, 0.1) is 0 Å². The Kier molecular flexibility index (Phi) is 4.09. The van der Waals surface area contributed by atoms with Gasteiger partial charge in [0.25, 0.3) is 0 Å². The lowest BCUT2D eigenvalue weighted by Crippen LogP contribution is -2.02. The minimum atomic E-state index is -0.252. The van der Waals surface area contributed by atoms with Crippen LogP contribution in [-0.4, -0.2) is 11.8 Å². The minimum Gasteiger partial charge on any atom is -0.457 e. The number of ketones is 1. The van der Waals surface area contributed by atoms with Crippen LogP contribution in [0.4, 0.5) is 0 Å². The van der Waals surface area contributed by atoms with Gasteiger partial charge in [-0.2, -0.15) is 0 Å². The van der Waals surface area contributed by atoms with E-state index in [1.165, 1.54) is 6.92 Å². The molecule has 4 heteroatoms. The molecule has 0 amide bonds. The van der Waals surface area contributed by atoms with Gasteiger partial charge in [-0.25, -0.2) is 0 Å². The molecule has 0 unspecified atom stereocenters. The fraction of sp³-hybridized carbons (Fsp3) is 0.455. The highest BCUT2D eigenvalue weighted by atomic mass is 16.5. The van der Waals surface area contributed by atoms with Gasteiger partial charge in [0.05, 0.1) is 0 Å². The number of hydrogen-bond donors (Lipinski definition) is 0. The minimum absolute atomic E-state index is 0.0894. The molecule has 0 saturated carbocycles. The van der Waals surface area contributed by atoms with Crippen LogP contribution < -0.4 is 0 Å². The Morgan fingerprint density at radius 1 is 1.40 bits per heavy atom. The number of hydrogen-bond acceptors (Lipinski definition) is 4. The molecule has 1 aromatic heterocycles. The second kappa shape index (κ2) is 5.34. The van der Waals surface area contributed by atoms with E-state index in [1.54, 1.807) is 12.1 Å². The van der Waals surface area contributed by atoms with Crippen LogP contribution in [0.2, 0.25) is 0 Å². The molecule has 0 aromatic carbocycles. The third-order valence-electron chi connectivity index (χ3n) is 1.84. The predicted molar refractivity (Wildman–Crippen MR) is 53.4 cm³/mol. The van der Waals surface area contributed by atoms with Crippen molar-refractivity contribution in [3.63, 3.8) is 0 Å². The Bertz CT molecular complexity index is 351. The van der Waals surface area contributed by atoms with Crippen LogP contribution in [-0.2, 0) is 16.1 Å². The molecule has 0 aliphatic rings. The highest BCUT2D eigenvalue weighted by Crippen LogP contribution is 2.10. The zero-order valence-electron chi connectivity index (χ0n) is 8.91. The van der Waals surface area contributed by atoms with Gasteiger partial charge < -0.3 is 9.15 Å². The van der Waals surface area contributed by atoms with E-state index in [1.807, 2.05) is 6.92 Å². The SMILES string of the molecule is CCCC(=O)OCc1ccc(C(C)=O)o1. The molecule has 15 heavy (non-hydrogen) atoms. The van der Waals surface area contributed by atoms with Gasteiger partial charge in [0.2, 0.25) is 0 Å². The van der Waals surface area contributed by atoms with Crippen molar-refractivity contribution in [1.82, 2.24) is 0 Å². The Morgan fingerprint density at radius 2 is 2.13 bits per heavy atom. The van der Waals surface area contributed by atoms with E-state index in [0.717, 1.165) is 6.42 Å². The largest absolute Gasteiger partial charge is 0.457 e. The molecular formula is C11H14O4. The quantitative estimate of drug-likeness (QED) is 0.552. The number of rotatable bonds is 5. The van der Waals surface area contributed by atoms with E-state index in [4.69, 9.17) is 9.15 Å². The normalized spacial score (nSPS) is 10.0. The number of Topliss-reactive ketones (excluding diaryl/α,β-unsaturated/α-hetero) is 1. The first-order chi connectivity index (χ1) is 7.13. The Hall–Kier alpha value is -1.58. The van der Waals surface area contributed by atoms with Gasteiger partial charge >= 0.3 is 5.97 Å². The van der Waals surface area contributed by atoms with Crippen molar-refractivity contribution < 1.29 is 18.7 Å². The summed E-state index contributed by atoms with van der Waals surface area (Å²) in [6, 6.07) is 3.21. The maximum Gasteiger partial charge on any atom is 0.306 e. The Morgan fingerprint density at radius 3 is 2.67 bits per heavy atom. The summed E-state index contributed by atoms with van der Waals surface area (Å²) in [5.74, 6) is 0.389. The summed E-state index contributed by atoms with van der Waals surface area (Å²) in [4.78, 5) is 21.9. The number of carbonyl (C=O) groups is 2.